The number of benzene rings is 2. The minimum absolute atomic E-state index is 0.155. The van der Waals surface area contributed by atoms with E-state index in [1.165, 1.54) is 0 Å². The number of hydrogen-bond acceptors (Lipinski definition) is 3. The van der Waals surface area contributed by atoms with Crippen LogP contribution in [0.2, 0.25) is 10.0 Å². The number of carbonyl (C=O) groups excluding carboxylic acids is 2. The number of amides is 2. The van der Waals surface area contributed by atoms with Gasteiger partial charge in [0.25, 0.3) is 11.8 Å². The van der Waals surface area contributed by atoms with Crippen molar-refractivity contribution in [2.45, 2.75) is 6.92 Å². The van der Waals surface area contributed by atoms with Crippen LogP contribution in [0.3, 0.4) is 0 Å². The molecule has 0 saturated carbocycles. The van der Waals surface area contributed by atoms with Crippen molar-refractivity contribution in [1.82, 2.24) is 0 Å². The number of rotatable bonds is 8. The Morgan fingerprint density at radius 2 is 1.59 bits per heavy atom. The molecule has 2 aromatic carbocycles. The van der Waals surface area contributed by atoms with Crippen molar-refractivity contribution in [3.8, 4) is 5.75 Å². The Bertz CT molecular complexity index is 815. The molecule has 2 amide bonds. The smallest absolute Gasteiger partial charge is 0.279 e. The highest BCUT2D eigenvalue weighted by atomic mass is 35.5. The predicted octanol–water partition coefficient (Wildman–Crippen LogP) is 2.48. The van der Waals surface area contributed by atoms with Gasteiger partial charge in [0.2, 0.25) is 0 Å². The van der Waals surface area contributed by atoms with Crippen LogP contribution >= 0.6 is 23.2 Å². The lowest BCUT2D eigenvalue weighted by Gasteiger charge is -2.17. The summed E-state index contributed by atoms with van der Waals surface area (Å²) >= 11 is 11.8. The molecule has 3 N–H and O–H groups in total. The van der Waals surface area contributed by atoms with Crippen molar-refractivity contribution < 1.29 is 19.2 Å². The fourth-order valence-electron chi connectivity index (χ4n) is 2.45. The van der Waals surface area contributed by atoms with Gasteiger partial charge in [0.05, 0.1) is 23.7 Å². The fourth-order valence-corrected chi connectivity index (χ4v) is 2.75. The number of likely N-dealkylation sites (N-methyl/N-ethyl adjacent to an activating group) is 1. The molecule has 6 nitrogen and oxygen atoms in total. The van der Waals surface area contributed by atoms with E-state index in [0.717, 1.165) is 4.90 Å². The summed E-state index contributed by atoms with van der Waals surface area (Å²) in [5.41, 5.74) is 1.21. The molecule has 0 aliphatic heterocycles. The predicted molar refractivity (Wildman–Crippen MR) is 108 cm³/mol. The monoisotopic (exact) mass is 410 g/mol. The molecule has 0 aromatic heterocycles. The summed E-state index contributed by atoms with van der Waals surface area (Å²) in [5.74, 6) is 0.273. The van der Waals surface area contributed by atoms with E-state index < -0.39 is 0 Å². The quantitative estimate of drug-likeness (QED) is 0.625. The minimum atomic E-state index is -0.209. The van der Waals surface area contributed by atoms with Crippen molar-refractivity contribution >= 4 is 46.4 Å². The number of ether oxygens (including phenoxy) is 1. The van der Waals surface area contributed by atoms with Gasteiger partial charge in [-0.2, -0.15) is 0 Å². The van der Waals surface area contributed by atoms with Gasteiger partial charge in [-0.05, 0) is 37.3 Å². The average Bonchev–Trinajstić information content (AvgIpc) is 2.64. The van der Waals surface area contributed by atoms with Gasteiger partial charge in [0.1, 0.15) is 5.75 Å². The van der Waals surface area contributed by atoms with Crippen LogP contribution < -0.4 is 20.3 Å². The molecular weight excluding hydrogens is 389 g/mol. The van der Waals surface area contributed by atoms with E-state index in [4.69, 9.17) is 27.9 Å². The molecule has 144 valence electrons. The fraction of sp³-hybridized carbons (Fsp3) is 0.263. The first-order valence-electron chi connectivity index (χ1n) is 8.43. The summed E-state index contributed by atoms with van der Waals surface area (Å²) in [6, 6.07) is 12.0. The standard InChI is InChI=1S/C19H21Cl2N3O3/c1-3-24(11-18(25)22-13-5-4-6-15(9-13)27-2)12-19(26)23-14-7-8-16(20)17(21)10-14/h4-10H,3,11-12H2,1-2H3,(H,22,25)(H,23,26)/p+1. The third kappa shape index (κ3) is 6.75. The Kier molecular flexibility index (Phi) is 7.91. The summed E-state index contributed by atoms with van der Waals surface area (Å²) in [7, 11) is 1.57. The Morgan fingerprint density at radius 1 is 0.963 bits per heavy atom. The molecule has 2 aromatic rings. The molecule has 0 heterocycles. The Hall–Kier alpha value is -2.28. The summed E-state index contributed by atoms with van der Waals surface area (Å²) < 4.78 is 5.14. The summed E-state index contributed by atoms with van der Waals surface area (Å²) in [5, 5.41) is 6.36. The molecular formula is C19H22Cl2N3O3+. The lowest BCUT2D eigenvalue weighted by molar-refractivity contribution is -0.881. The second-order valence-electron chi connectivity index (χ2n) is 5.91. The second kappa shape index (κ2) is 10.2. The Morgan fingerprint density at radius 3 is 2.15 bits per heavy atom. The molecule has 1 unspecified atom stereocenters. The average molecular weight is 411 g/mol. The van der Waals surface area contributed by atoms with Gasteiger partial charge in [0.15, 0.2) is 13.1 Å². The van der Waals surface area contributed by atoms with Crippen molar-refractivity contribution in [3.63, 3.8) is 0 Å². The number of halogens is 2. The highest BCUT2D eigenvalue weighted by molar-refractivity contribution is 6.42. The number of nitrogens with one attached hydrogen (secondary N) is 3. The largest absolute Gasteiger partial charge is 0.497 e. The second-order valence-corrected chi connectivity index (χ2v) is 6.73. The third-order valence-corrected chi connectivity index (χ3v) is 4.62. The van der Waals surface area contributed by atoms with E-state index in [1.807, 2.05) is 6.92 Å². The number of hydrogen-bond donors (Lipinski definition) is 3. The summed E-state index contributed by atoms with van der Waals surface area (Å²) in [6.07, 6.45) is 0. The van der Waals surface area contributed by atoms with E-state index in [9.17, 15) is 9.59 Å². The highest BCUT2D eigenvalue weighted by Gasteiger charge is 2.17. The summed E-state index contributed by atoms with van der Waals surface area (Å²) in [4.78, 5) is 25.3. The van der Waals surface area contributed by atoms with Crippen LogP contribution in [0.15, 0.2) is 42.5 Å². The van der Waals surface area contributed by atoms with Crippen molar-refractivity contribution in [3.05, 3.63) is 52.5 Å². The van der Waals surface area contributed by atoms with Crippen LogP contribution in [-0.4, -0.2) is 38.6 Å². The van der Waals surface area contributed by atoms with Crippen molar-refractivity contribution in [2.75, 3.05) is 37.4 Å². The van der Waals surface area contributed by atoms with E-state index in [-0.39, 0.29) is 24.9 Å². The highest BCUT2D eigenvalue weighted by Crippen LogP contribution is 2.24. The summed E-state index contributed by atoms with van der Waals surface area (Å²) in [6.45, 7) is 2.87. The maximum Gasteiger partial charge on any atom is 0.279 e. The lowest BCUT2D eigenvalue weighted by atomic mass is 10.3. The number of quaternary nitrogens is 1. The topological polar surface area (TPSA) is 71.9 Å². The number of methoxy groups -OCH3 is 1. The molecule has 0 fully saturated rings. The third-order valence-electron chi connectivity index (χ3n) is 3.88. The van der Waals surface area contributed by atoms with Gasteiger partial charge in [0, 0.05) is 17.4 Å². The first-order chi connectivity index (χ1) is 12.9. The van der Waals surface area contributed by atoms with Gasteiger partial charge in [-0.1, -0.05) is 29.3 Å². The maximum atomic E-state index is 12.3. The lowest BCUT2D eigenvalue weighted by Crippen LogP contribution is -3.13. The normalized spacial score (nSPS) is 11.6. The zero-order chi connectivity index (χ0) is 19.8. The molecule has 0 radical (unpaired) electrons. The molecule has 27 heavy (non-hydrogen) atoms. The zero-order valence-electron chi connectivity index (χ0n) is 15.1. The van der Waals surface area contributed by atoms with E-state index in [1.54, 1.807) is 49.6 Å². The van der Waals surface area contributed by atoms with E-state index in [0.29, 0.717) is 33.7 Å². The Labute approximate surface area is 168 Å². The van der Waals surface area contributed by atoms with Crippen molar-refractivity contribution in [1.29, 1.82) is 0 Å². The Balaban J connectivity index is 1.88. The molecule has 0 bridgehead atoms. The molecule has 2 rings (SSSR count). The van der Waals surface area contributed by atoms with Crippen LogP contribution in [0, 0.1) is 0 Å². The van der Waals surface area contributed by atoms with Gasteiger partial charge < -0.3 is 20.3 Å². The van der Waals surface area contributed by atoms with Gasteiger partial charge in [-0.25, -0.2) is 0 Å². The molecule has 0 aliphatic carbocycles. The van der Waals surface area contributed by atoms with Crippen LogP contribution in [0.4, 0.5) is 11.4 Å². The molecule has 0 aliphatic rings. The van der Waals surface area contributed by atoms with Crippen LogP contribution in [0.1, 0.15) is 6.92 Å². The molecule has 0 saturated heterocycles. The molecule has 0 spiro atoms. The minimum Gasteiger partial charge on any atom is -0.497 e. The zero-order valence-corrected chi connectivity index (χ0v) is 16.7. The van der Waals surface area contributed by atoms with E-state index in [2.05, 4.69) is 10.6 Å². The van der Waals surface area contributed by atoms with Gasteiger partial charge >= 0.3 is 0 Å². The number of anilines is 2. The number of carbonyl (C=O) groups is 2. The van der Waals surface area contributed by atoms with E-state index >= 15 is 0 Å². The van der Waals surface area contributed by atoms with Gasteiger partial charge in [-0.15, -0.1) is 0 Å². The first kappa shape index (κ1) is 21.0. The SMILES string of the molecule is CC[NH+](CC(=O)Nc1cccc(OC)c1)CC(=O)Nc1ccc(Cl)c(Cl)c1. The first-order valence-corrected chi connectivity index (χ1v) is 9.19. The molecule has 1 atom stereocenters. The van der Waals surface area contributed by atoms with Crippen LogP contribution in [-0.2, 0) is 9.59 Å². The van der Waals surface area contributed by atoms with Crippen LogP contribution in [0.25, 0.3) is 0 Å². The van der Waals surface area contributed by atoms with Gasteiger partial charge in [-0.3, -0.25) is 9.59 Å². The molecule has 8 heteroatoms. The maximum absolute atomic E-state index is 12.3. The van der Waals surface area contributed by atoms with Crippen LogP contribution in [0.5, 0.6) is 5.75 Å². The van der Waals surface area contributed by atoms with Crippen molar-refractivity contribution in [2.24, 2.45) is 0 Å².